The first-order chi connectivity index (χ1) is 9.33. The lowest BCUT2D eigenvalue weighted by Crippen LogP contribution is -2.40. The van der Waals surface area contributed by atoms with Crippen molar-refractivity contribution >= 4 is 5.91 Å². The van der Waals surface area contributed by atoms with Gasteiger partial charge in [-0.25, -0.2) is 0 Å². The van der Waals surface area contributed by atoms with E-state index in [0.717, 1.165) is 30.8 Å². The summed E-state index contributed by atoms with van der Waals surface area (Å²) in [6, 6.07) is 0. The average molecular weight is 292 g/mol. The van der Waals surface area contributed by atoms with Crippen LogP contribution in [-0.4, -0.2) is 43.2 Å². The van der Waals surface area contributed by atoms with Crippen LogP contribution in [0.25, 0.3) is 0 Å². The molecule has 0 radical (unpaired) electrons. The van der Waals surface area contributed by atoms with Gasteiger partial charge in [-0.2, -0.15) is 13.2 Å². The van der Waals surface area contributed by atoms with Gasteiger partial charge in [0.1, 0.15) is 6.54 Å². The van der Waals surface area contributed by atoms with Crippen LogP contribution in [0, 0.1) is 11.8 Å². The van der Waals surface area contributed by atoms with Crippen molar-refractivity contribution in [3.8, 4) is 0 Å². The second-order valence-corrected chi connectivity index (χ2v) is 5.45. The zero-order valence-electron chi connectivity index (χ0n) is 11.9. The molecule has 116 valence electrons. The molecule has 1 N–H and O–H groups in total. The topological polar surface area (TPSA) is 32.3 Å². The van der Waals surface area contributed by atoms with E-state index in [-0.39, 0.29) is 18.9 Å². The maximum absolute atomic E-state index is 12.4. The zero-order chi connectivity index (χ0) is 15.2. The van der Waals surface area contributed by atoms with Crippen LogP contribution in [-0.2, 0) is 4.79 Å². The van der Waals surface area contributed by atoms with Crippen LogP contribution in [0.1, 0.15) is 26.2 Å². The molecule has 1 heterocycles. The number of carbonyl (C=O) groups excluding carboxylic acids is 1. The van der Waals surface area contributed by atoms with Gasteiger partial charge in [0.25, 0.3) is 0 Å². The third-order valence-electron chi connectivity index (χ3n) is 3.76. The van der Waals surface area contributed by atoms with Gasteiger partial charge < -0.3 is 10.2 Å². The fraction of sp³-hybridized carbons (Fsp3) is 0.786. The monoisotopic (exact) mass is 292 g/mol. The Balaban J connectivity index is 2.53. The molecule has 0 aromatic carbocycles. The third kappa shape index (κ3) is 5.94. The van der Waals surface area contributed by atoms with E-state index in [2.05, 4.69) is 11.9 Å². The molecule has 0 bridgehead atoms. The minimum absolute atomic E-state index is 0.0582. The van der Waals surface area contributed by atoms with Gasteiger partial charge in [-0.15, -0.1) is 6.58 Å². The van der Waals surface area contributed by atoms with E-state index in [1.165, 1.54) is 6.08 Å². The van der Waals surface area contributed by atoms with E-state index >= 15 is 0 Å². The second-order valence-electron chi connectivity index (χ2n) is 5.45. The van der Waals surface area contributed by atoms with Crippen molar-refractivity contribution in [3.63, 3.8) is 0 Å². The lowest BCUT2D eigenvalue weighted by molar-refractivity contribution is -0.160. The summed E-state index contributed by atoms with van der Waals surface area (Å²) in [5, 5.41) is 3.24. The summed E-state index contributed by atoms with van der Waals surface area (Å²) in [5.74, 6) is 0.0927. The van der Waals surface area contributed by atoms with Crippen molar-refractivity contribution in [1.29, 1.82) is 0 Å². The van der Waals surface area contributed by atoms with Gasteiger partial charge in [0.05, 0.1) is 0 Å². The van der Waals surface area contributed by atoms with Crippen molar-refractivity contribution in [2.75, 3.05) is 26.2 Å². The molecule has 0 aliphatic carbocycles. The van der Waals surface area contributed by atoms with Gasteiger partial charge in [-0.1, -0.05) is 13.0 Å². The summed E-state index contributed by atoms with van der Waals surface area (Å²) in [7, 11) is 0. The number of alkyl halides is 3. The highest BCUT2D eigenvalue weighted by molar-refractivity contribution is 5.76. The number of amides is 1. The van der Waals surface area contributed by atoms with Crippen molar-refractivity contribution < 1.29 is 18.0 Å². The van der Waals surface area contributed by atoms with E-state index in [1.807, 2.05) is 6.92 Å². The highest BCUT2D eigenvalue weighted by Gasteiger charge is 2.33. The lowest BCUT2D eigenvalue weighted by atomic mass is 9.84. The molecular formula is C14H23F3N2O. The molecule has 1 saturated heterocycles. The van der Waals surface area contributed by atoms with Crippen LogP contribution in [0.5, 0.6) is 0 Å². The van der Waals surface area contributed by atoms with E-state index in [0.29, 0.717) is 5.92 Å². The van der Waals surface area contributed by atoms with E-state index in [1.54, 1.807) is 0 Å². The first kappa shape index (κ1) is 17.0. The molecule has 1 aliphatic rings. The Morgan fingerprint density at radius 2 is 2.05 bits per heavy atom. The number of piperidine rings is 1. The standard InChI is InChI=1S/C14H23F3N2O/c1-3-8-19(10-14(15,16)17)13(20)9-11(2)12-4-6-18-7-5-12/h3,11-12,18H,1,4-10H2,2H3. The molecule has 3 nitrogen and oxygen atoms in total. The first-order valence-electron chi connectivity index (χ1n) is 6.99. The molecule has 0 aromatic rings. The summed E-state index contributed by atoms with van der Waals surface area (Å²) in [6.07, 6.45) is -0.894. The van der Waals surface area contributed by atoms with Crippen LogP contribution >= 0.6 is 0 Å². The number of halogens is 3. The number of nitrogens with zero attached hydrogens (tertiary/aromatic N) is 1. The van der Waals surface area contributed by atoms with Crippen LogP contribution < -0.4 is 5.32 Å². The first-order valence-corrected chi connectivity index (χ1v) is 6.99. The highest BCUT2D eigenvalue weighted by atomic mass is 19.4. The molecule has 0 spiro atoms. The Labute approximate surface area is 118 Å². The molecule has 6 heteroatoms. The molecular weight excluding hydrogens is 269 g/mol. The molecule has 1 amide bonds. The fourth-order valence-electron chi connectivity index (χ4n) is 2.61. The number of rotatable bonds is 6. The summed E-state index contributed by atoms with van der Waals surface area (Å²) < 4.78 is 37.3. The lowest BCUT2D eigenvalue weighted by Gasteiger charge is -2.30. The number of carbonyl (C=O) groups is 1. The Morgan fingerprint density at radius 3 is 2.55 bits per heavy atom. The van der Waals surface area contributed by atoms with Crippen LogP contribution in [0.4, 0.5) is 13.2 Å². The van der Waals surface area contributed by atoms with Crippen molar-refractivity contribution in [2.24, 2.45) is 11.8 Å². The fourth-order valence-corrected chi connectivity index (χ4v) is 2.61. The van der Waals surface area contributed by atoms with Gasteiger partial charge in [-0.3, -0.25) is 4.79 Å². The SMILES string of the molecule is C=CCN(CC(F)(F)F)C(=O)CC(C)C1CCNCC1. The largest absolute Gasteiger partial charge is 0.406 e. The molecule has 1 unspecified atom stereocenters. The van der Waals surface area contributed by atoms with Crippen LogP contribution in [0.15, 0.2) is 12.7 Å². The van der Waals surface area contributed by atoms with Crippen molar-refractivity contribution in [3.05, 3.63) is 12.7 Å². The predicted octanol–water partition coefficient (Wildman–Crippen LogP) is 2.59. The number of hydrogen-bond donors (Lipinski definition) is 1. The molecule has 1 atom stereocenters. The molecule has 1 aliphatic heterocycles. The summed E-state index contributed by atoms with van der Waals surface area (Å²) in [5.41, 5.74) is 0. The maximum atomic E-state index is 12.4. The Kier molecular flexibility index (Phi) is 6.52. The molecule has 0 saturated carbocycles. The quantitative estimate of drug-likeness (QED) is 0.763. The van der Waals surface area contributed by atoms with Crippen LogP contribution in [0.3, 0.4) is 0 Å². The van der Waals surface area contributed by atoms with E-state index < -0.39 is 18.6 Å². The minimum Gasteiger partial charge on any atom is -0.330 e. The Hall–Kier alpha value is -1.04. The molecule has 1 rings (SSSR count). The number of nitrogens with one attached hydrogen (secondary N) is 1. The molecule has 0 aromatic heterocycles. The van der Waals surface area contributed by atoms with Crippen molar-refractivity contribution in [1.82, 2.24) is 10.2 Å². The summed E-state index contributed by atoms with van der Waals surface area (Å²) >= 11 is 0. The van der Waals surface area contributed by atoms with Gasteiger partial charge >= 0.3 is 6.18 Å². The molecule has 20 heavy (non-hydrogen) atoms. The molecule has 1 fully saturated rings. The maximum Gasteiger partial charge on any atom is 0.406 e. The van der Waals surface area contributed by atoms with Crippen molar-refractivity contribution in [2.45, 2.75) is 32.4 Å². The summed E-state index contributed by atoms with van der Waals surface area (Å²) in [6.45, 7) is 5.95. The number of hydrogen-bond acceptors (Lipinski definition) is 2. The second kappa shape index (κ2) is 7.67. The van der Waals surface area contributed by atoms with Gasteiger partial charge in [-0.05, 0) is 37.8 Å². The van der Waals surface area contributed by atoms with E-state index in [9.17, 15) is 18.0 Å². The summed E-state index contributed by atoms with van der Waals surface area (Å²) in [4.78, 5) is 12.9. The predicted molar refractivity (Wildman–Crippen MR) is 72.2 cm³/mol. The van der Waals surface area contributed by atoms with Gasteiger partial charge in [0, 0.05) is 13.0 Å². The highest BCUT2D eigenvalue weighted by Crippen LogP contribution is 2.25. The van der Waals surface area contributed by atoms with Gasteiger partial charge in [0.15, 0.2) is 0 Å². The minimum atomic E-state index is -4.36. The normalized spacial score (nSPS) is 18.6. The Morgan fingerprint density at radius 1 is 1.45 bits per heavy atom. The smallest absolute Gasteiger partial charge is 0.330 e. The van der Waals surface area contributed by atoms with Gasteiger partial charge in [0.2, 0.25) is 5.91 Å². The van der Waals surface area contributed by atoms with Crippen LogP contribution in [0.2, 0.25) is 0 Å². The van der Waals surface area contributed by atoms with E-state index in [4.69, 9.17) is 0 Å². The average Bonchev–Trinajstić information content (AvgIpc) is 2.37. The third-order valence-corrected chi connectivity index (χ3v) is 3.76. The zero-order valence-corrected chi connectivity index (χ0v) is 11.9. The Bertz CT molecular complexity index is 325.